The van der Waals surface area contributed by atoms with Crippen molar-refractivity contribution in [3.63, 3.8) is 0 Å². The van der Waals surface area contributed by atoms with Crippen molar-refractivity contribution in [1.29, 1.82) is 0 Å². The summed E-state index contributed by atoms with van der Waals surface area (Å²) >= 11 is 13.6. The average molecular weight is 580 g/mol. The Morgan fingerprint density at radius 2 is 1.92 bits per heavy atom. The highest BCUT2D eigenvalue weighted by atomic mass is 35.5. The monoisotopic (exact) mass is 578 g/mol. The molecule has 2 N–H and O–H groups in total. The fourth-order valence-electron chi connectivity index (χ4n) is 3.98. The highest BCUT2D eigenvalue weighted by Crippen LogP contribution is 2.30. The summed E-state index contributed by atoms with van der Waals surface area (Å²) in [6, 6.07) is 10.7. The normalized spacial score (nSPS) is 16.2. The average Bonchev–Trinajstić information content (AvgIpc) is 3.35. The van der Waals surface area contributed by atoms with Crippen LogP contribution in [0.2, 0.25) is 10.0 Å². The number of sulfone groups is 1. The quantitative estimate of drug-likeness (QED) is 0.270. The van der Waals surface area contributed by atoms with Crippen LogP contribution < -0.4 is 10.1 Å². The first-order valence-electron chi connectivity index (χ1n) is 11.4. The van der Waals surface area contributed by atoms with Gasteiger partial charge in [-0.15, -0.1) is 11.3 Å². The molecule has 4 rings (SSSR count). The van der Waals surface area contributed by atoms with Gasteiger partial charge in [-0.3, -0.25) is 4.79 Å². The van der Waals surface area contributed by atoms with Gasteiger partial charge in [-0.05, 0) is 60.5 Å². The van der Waals surface area contributed by atoms with Crippen molar-refractivity contribution in [2.24, 2.45) is 5.92 Å². The van der Waals surface area contributed by atoms with Gasteiger partial charge >= 0.3 is 5.97 Å². The molecular weight excluding hydrogens is 555 g/mol. The van der Waals surface area contributed by atoms with Crippen molar-refractivity contribution < 1.29 is 23.1 Å². The first-order valence-corrected chi connectivity index (χ1v) is 14.6. The molecule has 1 aliphatic carbocycles. The molecule has 0 bridgehead atoms. The molecule has 1 heterocycles. The van der Waals surface area contributed by atoms with Gasteiger partial charge in [0.2, 0.25) is 0 Å². The minimum absolute atomic E-state index is 0.0822. The Hall–Kier alpha value is -2.85. The maximum atomic E-state index is 13.1. The molecule has 11 heteroatoms. The van der Waals surface area contributed by atoms with E-state index in [2.05, 4.69) is 16.4 Å². The van der Waals surface area contributed by atoms with Gasteiger partial charge in [0.15, 0.2) is 15.0 Å². The zero-order valence-electron chi connectivity index (χ0n) is 19.5. The van der Waals surface area contributed by atoms with Gasteiger partial charge < -0.3 is 15.2 Å². The number of benzene rings is 2. The summed E-state index contributed by atoms with van der Waals surface area (Å²) < 4.78 is 32.2. The molecule has 0 fully saturated rings. The van der Waals surface area contributed by atoms with Crippen molar-refractivity contribution in [2.75, 3.05) is 17.7 Å². The number of thiazole rings is 1. The Morgan fingerprint density at radius 3 is 2.57 bits per heavy atom. The summed E-state index contributed by atoms with van der Waals surface area (Å²) in [5.74, 6) is -1.63. The number of allylic oxidation sites excluding steroid dienone is 3. The molecule has 2 atom stereocenters. The fourth-order valence-corrected chi connectivity index (χ4v) is 6.67. The van der Waals surface area contributed by atoms with Crippen molar-refractivity contribution in [2.45, 2.75) is 23.7 Å². The molecule has 0 aliphatic heterocycles. The van der Waals surface area contributed by atoms with Gasteiger partial charge in [0, 0.05) is 39.2 Å². The van der Waals surface area contributed by atoms with Crippen LogP contribution in [0.5, 0.6) is 5.75 Å². The summed E-state index contributed by atoms with van der Waals surface area (Å²) in [4.78, 5) is 15.7. The van der Waals surface area contributed by atoms with Crippen LogP contribution in [0.4, 0.5) is 5.13 Å². The molecule has 0 radical (unpaired) electrons. The van der Waals surface area contributed by atoms with E-state index in [-0.39, 0.29) is 17.2 Å². The van der Waals surface area contributed by atoms with Gasteiger partial charge in [-0.2, -0.15) is 0 Å². The van der Waals surface area contributed by atoms with Gasteiger partial charge in [0.05, 0.1) is 23.7 Å². The van der Waals surface area contributed by atoms with E-state index in [1.54, 1.807) is 30.5 Å². The number of aliphatic carboxylic acids is 1. The number of nitrogens with one attached hydrogen (secondary N) is 1. The van der Waals surface area contributed by atoms with Crippen LogP contribution >= 0.6 is 34.5 Å². The molecule has 1 aliphatic rings. The summed E-state index contributed by atoms with van der Waals surface area (Å²) in [6.45, 7) is 0.426. The predicted molar refractivity (Wildman–Crippen MR) is 147 cm³/mol. The number of halogens is 2. The largest absolute Gasteiger partial charge is 0.493 e. The Labute approximate surface area is 229 Å². The lowest BCUT2D eigenvalue weighted by atomic mass is 9.98. The Balaban J connectivity index is 1.38. The van der Waals surface area contributed by atoms with Crippen LogP contribution in [0, 0.1) is 5.92 Å². The topological polar surface area (TPSA) is 106 Å². The van der Waals surface area contributed by atoms with Crippen molar-refractivity contribution >= 4 is 55.5 Å². The zero-order valence-corrected chi connectivity index (χ0v) is 22.7. The van der Waals surface area contributed by atoms with Gasteiger partial charge in [0.1, 0.15) is 5.75 Å². The van der Waals surface area contributed by atoms with Gasteiger partial charge in [-0.1, -0.05) is 35.4 Å². The second kappa shape index (κ2) is 12.1. The maximum absolute atomic E-state index is 13.1. The highest BCUT2D eigenvalue weighted by molar-refractivity contribution is 7.91. The summed E-state index contributed by atoms with van der Waals surface area (Å²) in [7, 11) is -3.80. The third-order valence-corrected chi connectivity index (χ3v) is 8.66. The lowest BCUT2D eigenvalue weighted by molar-refractivity contribution is -0.137. The Morgan fingerprint density at radius 1 is 1.19 bits per heavy atom. The van der Waals surface area contributed by atoms with Crippen LogP contribution in [-0.4, -0.2) is 36.8 Å². The van der Waals surface area contributed by atoms with Crippen LogP contribution in [0.25, 0.3) is 0 Å². The SMILES string of the molecule is O=C(O)CC(CS(=O)(=O)c1ccc(OCC2C=CC=C(Nc3nccs3)C2)cc1)c1cc(Cl)cc(Cl)c1. The van der Waals surface area contributed by atoms with E-state index in [0.717, 1.165) is 17.2 Å². The number of anilines is 1. The number of carbonyl (C=O) groups is 1. The van der Waals surface area contributed by atoms with Crippen LogP contribution in [0.15, 0.2) is 82.9 Å². The van der Waals surface area contributed by atoms with Crippen LogP contribution in [0.1, 0.15) is 24.3 Å². The Kier molecular flexibility index (Phi) is 8.91. The van der Waals surface area contributed by atoms with Crippen molar-refractivity contribution in [1.82, 2.24) is 4.98 Å². The second-order valence-electron chi connectivity index (χ2n) is 8.56. The maximum Gasteiger partial charge on any atom is 0.303 e. The zero-order chi connectivity index (χ0) is 26.4. The molecule has 194 valence electrons. The van der Waals surface area contributed by atoms with E-state index >= 15 is 0 Å². The molecule has 7 nitrogen and oxygen atoms in total. The van der Waals surface area contributed by atoms with E-state index in [1.807, 2.05) is 17.5 Å². The fraction of sp³-hybridized carbons (Fsp3) is 0.231. The smallest absolute Gasteiger partial charge is 0.303 e. The molecule has 0 saturated heterocycles. The van der Waals surface area contributed by atoms with E-state index in [0.29, 0.717) is 28.0 Å². The molecule has 37 heavy (non-hydrogen) atoms. The number of ether oxygens (including phenoxy) is 1. The predicted octanol–water partition coefficient (Wildman–Crippen LogP) is 6.43. The summed E-state index contributed by atoms with van der Waals surface area (Å²) in [5.41, 5.74) is 1.51. The number of aromatic nitrogens is 1. The van der Waals surface area contributed by atoms with Gasteiger partial charge in [0.25, 0.3) is 0 Å². The van der Waals surface area contributed by atoms with E-state index in [4.69, 9.17) is 27.9 Å². The van der Waals surface area contributed by atoms with E-state index in [9.17, 15) is 18.3 Å². The van der Waals surface area contributed by atoms with E-state index in [1.165, 1.54) is 29.5 Å². The highest BCUT2D eigenvalue weighted by Gasteiger charge is 2.26. The second-order valence-corrected chi connectivity index (χ2v) is 12.4. The molecule has 2 unspecified atom stereocenters. The van der Waals surface area contributed by atoms with Crippen molar-refractivity contribution in [3.8, 4) is 5.75 Å². The van der Waals surface area contributed by atoms with Crippen molar-refractivity contribution in [3.05, 3.63) is 93.6 Å². The number of carboxylic acid groups (broad SMARTS) is 1. The number of hydrogen-bond donors (Lipinski definition) is 2. The molecule has 0 amide bonds. The standard InChI is InChI=1S/C26H24Cl2N2O5S2/c27-20-11-18(12-21(28)14-20)19(13-25(31)32)16-37(33,34)24-6-4-23(5-7-24)35-15-17-2-1-3-22(10-17)30-26-29-8-9-36-26/h1-9,11-12,14,17,19H,10,13,15-16H2,(H,29,30)(H,31,32). The van der Waals surface area contributed by atoms with Crippen LogP contribution in [0.3, 0.4) is 0 Å². The lowest BCUT2D eigenvalue weighted by Crippen LogP contribution is -2.18. The third kappa shape index (κ3) is 7.82. The molecule has 0 saturated carbocycles. The molecule has 0 spiro atoms. The Bertz CT molecular complexity index is 1380. The number of hydrogen-bond acceptors (Lipinski definition) is 7. The third-order valence-electron chi connectivity index (χ3n) is 5.71. The minimum Gasteiger partial charge on any atom is -0.493 e. The summed E-state index contributed by atoms with van der Waals surface area (Å²) in [5, 5.41) is 16.0. The molecule has 1 aromatic heterocycles. The van der Waals surface area contributed by atoms with Crippen LogP contribution in [-0.2, 0) is 14.6 Å². The van der Waals surface area contributed by atoms with E-state index < -0.39 is 27.5 Å². The molecular formula is C26H24Cl2N2O5S2. The number of nitrogens with zero attached hydrogens (tertiary/aromatic N) is 1. The molecule has 3 aromatic rings. The molecule has 2 aromatic carbocycles. The first-order chi connectivity index (χ1) is 17.7. The lowest BCUT2D eigenvalue weighted by Gasteiger charge is -2.19. The first kappa shape index (κ1) is 27.2. The number of rotatable bonds is 11. The van der Waals surface area contributed by atoms with Gasteiger partial charge in [-0.25, -0.2) is 13.4 Å². The summed E-state index contributed by atoms with van der Waals surface area (Å²) in [6.07, 6.45) is 8.18. The number of carboxylic acids is 1. The minimum atomic E-state index is -3.80.